The van der Waals surface area contributed by atoms with Crippen molar-refractivity contribution in [1.29, 1.82) is 0 Å². The van der Waals surface area contributed by atoms with Crippen LogP contribution < -0.4 is 10.9 Å². The highest BCUT2D eigenvalue weighted by Crippen LogP contribution is 2.18. The SMILES string of the molecule is Cc1ccc(NC(=O)Cn2c(C)cc(=O)n3nc(-c4cnc(CO)o4)nc23)cc1. The van der Waals surface area contributed by atoms with Gasteiger partial charge in [0.25, 0.3) is 5.56 Å². The minimum atomic E-state index is -0.381. The van der Waals surface area contributed by atoms with Crippen LogP contribution >= 0.6 is 0 Å². The number of aliphatic hydroxyl groups excluding tert-OH is 1. The van der Waals surface area contributed by atoms with Crippen LogP contribution in [0, 0.1) is 13.8 Å². The Labute approximate surface area is 164 Å². The zero-order valence-electron chi connectivity index (χ0n) is 15.8. The van der Waals surface area contributed by atoms with Crippen molar-refractivity contribution in [1.82, 2.24) is 24.1 Å². The number of aliphatic hydroxyl groups is 1. The van der Waals surface area contributed by atoms with E-state index in [1.807, 2.05) is 31.2 Å². The Morgan fingerprint density at radius 3 is 2.69 bits per heavy atom. The number of hydrogen-bond acceptors (Lipinski definition) is 7. The maximum Gasteiger partial charge on any atom is 0.275 e. The van der Waals surface area contributed by atoms with Gasteiger partial charge in [0.15, 0.2) is 5.76 Å². The number of nitrogens with one attached hydrogen (secondary N) is 1. The largest absolute Gasteiger partial charge is 0.435 e. The van der Waals surface area contributed by atoms with E-state index in [-0.39, 0.29) is 47.9 Å². The van der Waals surface area contributed by atoms with E-state index in [1.165, 1.54) is 12.3 Å². The number of fused-ring (bicyclic) bond motifs is 1. The predicted molar refractivity (Wildman–Crippen MR) is 103 cm³/mol. The molecule has 10 heteroatoms. The van der Waals surface area contributed by atoms with Gasteiger partial charge in [-0.2, -0.15) is 9.50 Å². The topological polar surface area (TPSA) is 128 Å². The Morgan fingerprint density at radius 1 is 1.24 bits per heavy atom. The number of hydrogen-bond donors (Lipinski definition) is 2. The van der Waals surface area contributed by atoms with Gasteiger partial charge in [0.2, 0.25) is 23.4 Å². The van der Waals surface area contributed by atoms with Crippen LogP contribution in [-0.4, -0.2) is 35.2 Å². The molecule has 0 radical (unpaired) electrons. The van der Waals surface area contributed by atoms with Crippen LogP contribution in [0.2, 0.25) is 0 Å². The van der Waals surface area contributed by atoms with Crippen LogP contribution in [-0.2, 0) is 17.9 Å². The summed E-state index contributed by atoms with van der Waals surface area (Å²) in [5, 5.41) is 16.1. The van der Waals surface area contributed by atoms with E-state index < -0.39 is 0 Å². The number of carbonyl (C=O) groups is 1. The number of aromatic nitrogens is 5. The van der Waals surface area contributed by atoms with Crippen molar-refractivity contribution in [3.8, 4) is 11.6 Å². The highest BCUT2D eigenvalue weighted by Gasteiger charge is 2.18. The molecule has 29 heavy (non-hydrogen) atoms. The second-order valence-electron chi connectivity index (χ2n) is 6.55. The third-order valence-electron chi connectivity index (χ3n) is 4.34. The van der Waals surface area contributed by atoms with Crippen molar-refractivity contribution in [2.75, 3.05) is 5.32 Å². The van der Waals surface area contributed by atoms with Crippen molar-refractivity contribution in [3.05, 3.63) is 64.0 Å². The Bertz CT molecular complexity index is 1250. The number of oxazole rings is 1. The number of aryl methyl sites for hydroxylation is 2. The summed E-state index contributed by atoms with van der Waals surface area (Å²) in [6, 6.07) is 8.82. The number of anilines is 1. The summed E-state index contributed by atoms with van der Waals surface area (Å²) >= 11 is 0. The maximum absolute atomic E-state index is 12.5. The Balaban J connectivity index is 1.68. The Kier molecular flexibility index (Phi) is 4.69. The van der Waals surface area contributed by atoms with E-state index in [0.29, 0.717) is 11.4 Å². The number of carbonyl (C=O) groups excluding carboxylic acids is 1. The molecule has 0 fully saturated rings. The number of benzene rings is 1. The molecule has 148 valence electrons. The fraction of sp³-hybridized carbons (Fsp3) is 0.211. The van der Waals surface area contributed by atoms with Crippen molar-refractivity contribution in [2.24, 2.45) is 0 Å². The molecule has 1 amide bonds. The summed E-state index contributed by atoms with van der Waals surface area (Å²) < 4.78 is 8.03. The lowest BCUT2D eigenvalue weighted by atomic mass is 10.2. The maximum atomic E-state index is 12.5. The molecule has 10 nitrogen and oxygen atoms in total. The third kappa shape index (κ3) is 3.65. The molecule has 4 rings (SSSR count). The molecule has 0 saturated heterocycles. The van der Waals surface area contributed by atoms with Gasteiger partial charge in [0.05, 0.1) is 6.20 Å². The van der Waals surface area contributed by atoms with Gasteiger partial charge >= 0.3 is 0 Å². The first-order valence-corrected chi connectivity index (χ1v) is 8.84. The zero-order valence-corrected chi connectivity index (χ0v) is 15.8. The van der Waals surface area contributed by atoms with Gasteiger partial charge in [-0.3, -0.25) is 9.59 Å². The average Bonchev–Trinajstić information content (AvgIpc) is 3.34. The minimum absolute atomic E-state index is 0.0556. The smallest absolute Gasteiger partial charge is 0.275 e. The highest BCUT2D eigenvalue weighted by atomic mass is 16.4. The second-order valence-corrected chi connectivity index (χ2v) is 6.55. The highest BCUT2D eigenvalue weighted by molar-refractivity contribution is 5.90. The van der Waals surface area contributed by atoms with E-state index in [1.54, 1.807) is 11.5 Å². The van der Waals surface area contributed by atoms with E-state index >= 15 is 0 Å². The van der Waals surface area contributed by atoms with Crippen molar-refractivity contribution < 1.29 is 14.3 Å². The second kappa shape index (κ2) is 7.32. The molecule has 1 aromatic carbocycles. The van der Waals surface area contributed by atoms with Gasteiger partial charge in [0.1, 0.15) is 13.2 Å². The standard InChI is InChI=1S/C19H18N6O4/c1-11-3-5-13(6-4-11)21-15(27)9-24-12(2)7-17(28)25-19(24)22-18(23-25)14-8-20-16(10-26)29-14/h3-8,26H,9-10H2,1-2H3,(H,21,27). The summed E-state index contributed by atoms with van der Waals surface area (Å²) in [4.78, 5) is 33.1. The fourth-order valence-electron chi connectivity index (χ4n) is 2.87. The fourth-order valence-corrected chi connectivity index (χ4v) is 2.87. The molecule has 0 saturated carbocycles. The van der Waals surface area contributed by atoms with E-state index in [4.69, 9.17) is 9.52 Å². The van der Waals surface area contributed by atoms with Gasteiger partial charge in [-0.1, -0.05) is 17.7 Å². The normalized spacial score (nSPS) is 11.1. The molecule has 0 aliphatic carbocycles. The molecular formula is C19H18N6O4. The number of amides is 1. The van der Waals surface area contributed by atoms with Crippen LogP contribution in [0.1, 0.15) is 17.1 Å². The van der Waals surface area contributed by atoms with Gasteiger partial charge in [-0.05, 0) is 26.0 Å². The van der Waals surface area contributed by atoms with Crippen molar-refractivity contribution in [2.45, 2.75) is 27.0 Å². The van der Waals surface area contributed by atoms with E-state index in [9.17, 15) is 9.59 Å². The molecule has 2 N–H and O–H groups in total. The lowest BCUT2D eigenvalue weighted by Gasteiger charge is -2.11. The van der Waals surface area contributed by atoms with Gasteiger partial charge < -0.3 is 19.4 Å². The number of nitrogens with zero attached hydrogens (tertiary/aromatic N) is 5. The molecule has 3 heterocycles. The van der Waals surface area contributed by atoms with Gasteiger partial charge in [-0.15, -0.1) is 5.10 Å². The molecule has 0 aliphatic rings. The molecule has 0 bridgehead atoms. The summed E-state index contributed by atoms with van der Waals surface area (Å²) in [5.74, 6) is 0.390. The molecule has 0 spiro atoms. The van der Waals surface area contributed by atoms with Gasteiger partial charge in [-0.25, -0.2) is 4.98 Å². The van der Waals surface area contributed by atoms with Crippen LogP contribution in [0.15, 0.2) is 45.7 Å². The van der Waals surface area contributed by atoms with Gasteiger partial charge in [0, 0.05) is 17.4 Å². The Hall–Kier alpha value is -3.79. The molecule has 0 aliphatic heterocycles. The average molecular weight is 394 g/mol. The molecule has 0 unspecified atom stereocenters. The van der Waals surface area contributed by atoms with Crippen LogP contribution in [0.25, 0.3) is 17.4 Å². The molecular weight excluding hydrogens is 376 g/mol. The monoisotopic (exact) mass is 394 g/mol. The summed E-state index contributed by atoms with van der Waals surface area (Å²) in [6.45, 7) is 3.26. The molecule has 0 atom stereocenters. The summed E-state index contributed by atoms with van der Waals surface area (Å²) in [7, 11) is 0. The molecule has 4 aromatic rings. The number of rotatable bonds is 5. The Morgan fingerprint density at radius 2 is 2.00 bits per heavy atom. The van der Waals surface area contributed by atoms with Crippen molar-refractivity contribution in [3.63, 3.8) is 0 Å². The summed E-state index contributed by atoms with van der Waals surface area (Å²) in [6.07, 6.45) is 1.37. The lowest BCUT2D eigenvalue weighted by molar-refractivity contribution is -0.116. The van der Waals surface area contributed by atoms with Crippen LogP contribution in [0.4, 0.5) is 5.69 Å². The summed E-state index contributed by atoms with van der Waals surface area (Å²) in [5.41, 5.74) is 1.95. The molecule has 3 aromatic heterocycles. The van der Waals surface area contributed by atoms with E-state index in [2.05, 4.69) is 20.4 Å². The first-order chi connectivity index (χ1) is 13.9. The zero-order chi connectivity index (χ0) is 20.5. The first kappa shape index (κ1) is 18.6. The third-order valence-corrected chi connectivity index (χ3v) is 4.34. The van der Waals surface area contributed by atoms with E-state index in [0.717, 1.165) is 10.1 Å². The lowest BCUT2D eigenvalue weighted by Crippen LogP contribution is -2.25. The first-order valence-electron chi connectivity index (χ1n) is 8.84. The van der Waals surface area contributed by atoms with Crippen molar-refractivity contribution >= 4 is 17.4 Å². The van der Waals surface area contributed by atoms with Crippen LogP contribution in [0.3, 0.4) is 0 Å². The minimum Gasteiger partial charge on any atom is -0.435 e. The predicted octanol–water partition coefficient (Wildman–Crippen LogP) is 1.29. The van der Waals surface area contributed by atoms with Crippen LogP contribution in [0.5, 0.6) is 0 Å². The quantitative estimate of drug-likeness (QED) is 0.522.